The van der Waals surface area contributed by atoms with Crippen molar-refractivity contribution < 1.29 is 23.0 Å². The van der Waals surface area contributed by atoms with Gasteiger partial charge in [-0.15, -0.1) is 24.0 Å². The van der Waals surface area contributed by atoms with E-state index in [4.69, 9.17) is 9.47 Å². The topological polar surface area (TPSA) is 77.0 Å². The van der Waals surface area contributed by atoms with E-state index < -0.39 is 6.61 Å². The molecular weight excluding hydrogens is 485 g/mol. The third-order valence-corrected chi connectivity index (χ3v) is 3.84. The number of ether oxygens (including phenoxy) is 3. The van der Waals surface area contributed by atoms with Crippen LogP contribution < -0.4 is 24.8 Å². The number of nitrogens with zero attached hydrogens (tertiary/aromatic N) is 2. The van der Waals surface area contributed by atoms with Gasteiger partial charge in [0, 0.05) is 50.1 Å². The van der Waals surface area contributed by atoms with Gasteiger partial charge in [0.05, 0.1) is 0 Å². The molecule has 1 aromatic carbocycles. The minimum Gasteiger partial charge on any atom is -0.454 e. The Morgan fingerprint density at radius 1 is 1.25 bits per heavy atom. The van der Waals surface area contributed by atoms with Gasteiger partial charge < -0.3 is 24.8 Å². The van der Waals surface area contributed by atoms with Crippen LogP contribution in [0.4, 0.5) is 8.78 Å². The monoisotopic (exact) mass is 506 g/mol. The number of aromatic nitrogens is 1. The standard InChI is InChI=1S/C18H20F2N4O3.HI/c1-21-18(23-7-5-13-4-2-3-6-22-13)24-10-12-8-15-16(26-11-25-15)9-14(12)27-17(19)20;/h2-4,6,8-9,17H,5,7,10-11H2,1H3,(H2,21,23,24);1H. The molecule has 1 aliphatic heterocycles. The third-order valence-electron chi connectivity index (χ3n) is 3.84. The molecule has 0 spiro atoms. The molecule has 28 heavy (non-hydrogen) atoms. The van der Waals surface area contributed by atoms with Gasteiger partial charge in [0.15, 0.2) is 17.5 Å². The van der Waals surface area contributed by atoms with Crippen LogP contribution in [-0.4, -0.2) is 37.9 Å². The number of hydrogen-bond donors (Lipinski definition) is 2. The van der Waals surface area contributed by atoms with Crippen molar-refractivity contribution in [3.8, 4) is 17.2 Å². The summed E-state index contributed by atoms with van der Waals surface area (Å²) >= 11 is 0. The van der Waals surface area contributed by atoms with Gasteiger partial charge in [-0.2, -0.15) is 8.78 Å². The number of alkyl halides is 2. The Balaban J connectivity index is 0.00000280. The highest BCUT2D eigenvalue weighted by atomic mass is 127. The first-order valence-corrected chi connectivity index (χ1v) is 8.37. The first-order chi connectivity index (χ1) is 13.2. The summed E-state index contributed by atoms with van der Waals surface area (Å²) in [6.07, 6.45) is 2.47. The molecule has 10 heteroatoms. The fourth-order valence-electron chi connectivity index (χ4n) is 2.56. The summed E-state index contributed by atoms with van der Waals surface area (Å²) in [5.41, 5.74) is 1.47. The Morgan fingerprint density at radius 2 is 2.04 bits per heavy atom. The number of rotatable bonds is 7. The number of guanidine groups is 1. The van der Waals surface area contributed by atoms with E-state index in [1.165, 1.54) is 6.07 Å². The quantitative estimate of drug-likeness (QED) is 0.342. The number of aliphatic imine (C=N–C) groups is 1. The molecule has 2 aromatic rings. The van der Waals surface area contributed by atoms with Gasteiger partial charge in [0.25, 0.3) is 0 Å². The smallest absolute Gasteiger partial charge is 0.387 e. The van der Waals surface area contributed by atoms with Gasteiger partial charge >= 0.3 is 6.61 Å². The molecule has 1 aliphatic rings. The SMILES string of the molecule is CN=C(NCCc1ccccn1)NCc1cc2c(cc1OC(F)F)OCO2.I. The van der Waals surface area contributed by atoms with Gasteiger partial charge in [-0.3, -0.25) is 9.98 Å². The molecule has 0 amide bonds. The van der Waals surface area contributed by atoms with Gasteiger partial charge in [-0.1, -0.05) is 6.07 Å². The second-order valence-electron chi connectivity index (χ2n) is 5.62. The molecule has 0 saturated carbocycles. The van der Waals surface area contributed by atoms with Crippen LogP contribution in [0.25, 0.3) is 0 Å². The van der Waals surface area contributed by atoms with E-state index in [-0.39, 0.29) is 43.1 Å². The summed E-state index contributed by atoms with van der Waals surface area (Å²) in [6.45, 7) is -2.03. The summed E-state index contributed by atoms with van der Waals surface area (Å²) < 4.78 is 40.5. The first kappa shape index (κ1) is 21.9. The molecule has 0 radical (unpaired) electrons. The van der Waals surface area contributed by atoms with Crippen molar-refractivity contribution in [1.29, 1.82) is 0 Å². The highest BCUT2D eigenvalue weighted by Crippen LogP contribution is 2.38. The molecule has 0 saturated heterocycles. The molecule has 7 nitrogen and oxygen atoms in total. The summed E-state index contributed by atoms with van der Waals surface area (Å²) in [5.74, 6) is 1.44. The number of benzene rings is 1. The Labute approximate surface area is 178 Å². The summed E-state index contributed by atoms with van der Waals surface area (Å²) in [7, 11) is 1.63. The minimum atomic E-state index is -2.93. The van der Waals surface area contributed by atoms with Crippen molar-refractivity contribution in [1.82, 2.24) is 15.6 Å². The lowest BCUT2D eigenvalue weighted by molar-refractivity contribution is -0.0505. The predicted octanol–water partition coefficient (Wildman–Crippen LogP) is 2.94. The zero-order valence-electron chi connectivity index (χ0n) is 15.2. The third kappa shape index (κ3) is 6.08. The van der Waals surface area contributed by atoms with Crippen LogP contribution in [0.2, 0.25) is 0 Å². The van der Waals surface area contributed by atoms with E-state index in [0.29, 0.717) is 29.6 Å². The normalized spacial score (nSPS) is 12.5. The average Bonchev–Trinajstić information content (AvgIpc) is 3.12. The maximum atomic E-state index is 12.7. The fraction of sp³-hybridized carbons (Fsp3) is 0.333. The molecule has 0 fully saturated rings. The largest absolute Gasteiger partial charge is 0.454 e. The zero-order chi connectivity index (χ0) is 19.1. The number of hydrogen-bond acceptors (Lipinski definition) is 5. The highest BCUT2D eigenvalue weighted by Gasteiger charge is 2.20. The molecular formula is C18H21F2IN4O3. The highest BCUT2D eigenvalue weighted by molar-refractivity contribution is 14.0. The van der Waals surface area contributed by atoms with E-state index in [0.717, 1.165) is 12.1 Å². The Bertz CT molecular complexity index is 794. The molecule has 3 rings (SSSR count). The van der Waals surface area contributed by atoms with Gasteiger partial charge in [-0.05, 0) is 18.2 Å². The Hall–Kier alpha value is -2.37. The van der Waals surface area contributed by atoms with Crippen LogP contribution in [0.3, 0.4) is 0 Å². The number of fused-ring (bicyclic) bond motifs is 1. The summed E-state index contributed by atoms with van der Waals surface area (Å²) in [5, 5.41) is 6.23. The molecule has 0 aliphatic carbocycles. The molecule has 2 heterocycles. The zero-order valence-corrected chi connectivity index (χ0v) is 17.5. The molecule has 0 unspecified atom stereocenters. The van der Waals surface area contributed by atoms with Crippen molar-refractivity contribution in [2.24, 2.45) is 4.99 Å². The van der Waals surface area contributed by atoms with E-state index in [2.05, 4.69) is 25.3 Å². The average molecular weight is 506 g/mol. The fourth-order valence-corrected chi connectivity index (χ4v) is 2.56. The van der Waals surface area contributed by atoms with Crippen LogP contribution in [0, 0.1) is 0 Å². The number of nitrogens with one attached hydrogen (secondary N) is 2. The molecule has 1 aromatic heterocycles. The summed E-state index contributed by atoms with van der Waals surface area (Å²) in [6, 6.07) is 8.76. The maximum Gasteiger partial charge on any atom is 0.387 e. The van der Waals surface area contributed by atoms with Crippen LogP contribution >= 0.6 is 24.0 Å². The van der Waals surface area contributed by atoms with E-state index in [1.54, 1.807) is 19.3 Å². The number of pyridine rings is 1. The second kappa shape index (κ2) is 10.8. The minimum absolute atomic E-state index is 0. The lowest BCUT2D eigenvalue weighted by Crippen LogP contribution is -2.38. The van der Waals surface area contributed by atoms with Crippen molar-refractivity contribution in [2.75, 3.05) is 20.4 Å². The first-order valence-electron chi connectivity index (χ1n) is 8.37. The Morgan fingerprint density at radius 3 is 2.71 bits per heavy atom. The maximum absolute atomic E-state index is 12.7. The lowest BCUT2D eigenvalue weighted by Gasteiger charge is -2.15. The van der Waals surface area contributed by atoms with E-state index in [1.807, 2.05) is 18.2 Å². The van der Waals surface area contributed by atoms with Gasteiger partial charge in [0.2, 0.25) is 6.79 Å². The van der Waals surface area contributed by atoms with Crippen LogP contribution in [0.15, 0.2) is 41.5 Å². The van der Waals surface area contributed by atoms with Crippen LogP contribution in [-0.2, 0) is 13.0 Å². The molecule has 2 N–H and O–H groups in total. The van der Waals surface area contributed by atoms with Gasteiger partial charge in [-0.25, -0.2) is 0 Å². The molecule has 152 valence electrons. The molecule has 0 atom stereocenters. The lowest BCUT2D eigenvalue weighted by atomic mass is 10.1. The van der Waals surface area contributed by atoms with E-state index in [9.17, 15) is 8.78 Å². The number of halogens is 3. The van der Waals surface area contributed by atoms with Crippen molar-refractivity contribution in [2.45, 2.75) is 19.6 Å². The van der Waals surface area contributed by atoms with Crippen LogP contribution in [0.5, 0.6) is 17.2 Å². The molecule has 0 bridgehead atoms. The van der Waals surface area contributed by atoms with Crippen molar-refractivity contribution in [3.05, 3.63) is 47.8 Å². The van der Waals surface area contributed by atoms with Crippen molar-refractivity contribution >= 4 is 29.9 Å². The van der Waals surface area contributed by atoms with Crippen LogP contribution in [0.1, 0.15) is 11.3 Å². The predicted molar refractivity (Wildman–Crippen MR) is 111 cm³/mol. The Kier molecular flexibility index (Phi) is 8.48. The second-order valence-corrected chi connectivity index (χ2v) is 5.62. The van der Waals surface area contributed by atoms with E-state index >= 15 is 0 Å². The van der Waals surface area contributed by atoms with Crippen molar-refractivity contribution in [3.63, 3.8) is 0 Å². The summed E-state index contributed by atoms with van der Waals surface area (Å²) in [4.78, 5) is 8.38. The van der Waals surface area contributed by atoms with Gasteiger partial charge in [0.1, 0.15) is 5.75 Å².